The highest BCUT2D eigenvalue weighted by Crippen LogP contribution is 2.25. The van der Waals surface area contributed by atoms with Crippen LogP contribution >= 0.6 is 0 Å². The van der Waals surface area contributed by atoms with Crippen molar-refractivity contribution in [1.82, 2.24) is 0 Å². The lowest BCUT2D eigenvalue weighted by atomic mass is 10.1. The van der Waals surface area contributed by atoms with E-state index in [-0.39, 0.29) is 18.3 Å². The Morgan fingerprint density at radius 3 is 2.81 bits per heavy atom. The number of phenolic OH excluding ortho intramolecular Hbond substituents is 1. The number of allylic oxidation sites excluding steroid dienone is 1. The Kier molecular flexibility index (Phi) is 4.42. The van der Waals surface area contributed by atoms with E-state index < -0.39 is 5.63 Å². The van der Waals surface area contributed by atoms with Crippen LogP contribution in [-0.4, -0.2) is 17.7 Å². The predicted octanol–water partition coefficient (Wildman–Crippen LogP) is 2.55. The average molecular weight is 288 g/mol. The highest BCUT2D eigenvalue weighted by atomic mass is 16.5. The first-order valence-corrected chi connectivity index (χ1v) is 6.50. The van der Waals surface area contributed by atoms with Gasteiger partial charge in [-0.2, -0.15) is 0 Å². The van der Waals surface area contributed by atoms with E-state index in [0.29, 0.717) is 17.6 Å². The number of fused-ring (bicyclic) bond motifs is 1. The summed E-state index contributed by atoms with van der Waals surface area (Å²) in [5.74, 6) is -0.264. The van der Waals surface area contributed by atoms with Gasteiger partial charge in [-0.25, -0.2) is 4.79 Å². The standard InChI is InChI=1S/C16H16O5/c1-10(9-20-11(2)17)3-4-12-7-13-5-6-16(19)21-15(13)8-14(12)18/h3,5-8,18H,4,9H2,1-2H3/b10-3+. The molecule has 1 N–H and O–H groups in total. The molecule has 1 aromatic carbocycles. The lowest BCUT2D eigenvalue weighted by molar-refractivity contribution is -0.139. The Bertz CT molecular complexity index is 755. The molecule has 0 aliphatic heterocycles. The molecule has 110 valence electrons. The summed E-state index contributed by atoms with van der Waals surface area (Å²) >= 11 is 0. The van der Waals surface area contributed by atoms with Crippen molar-refractivity contribution >= 4 is 16.9 Å². The minimum atomic E-state index is -0.452. The molecule has 2 rings (SSSR count). The first kappa shape index (κ1) is 14.8. The summed E-state index contributed by atoms with van der Waals surface area (Å²) in [5, 5.41) is 10.7. The maximum absolute atomic E-state index is 11.1. The number of benzene rings is 1. The molecule has 0 spiro atoms. The van der Waals surface area contributed by atoms with Gasteiger partial charge in [0.1, 0.15) is 17.9 Å². The fourth-order valence-electron chi connectivity index (χ4n) is 1.87. The van der Waals surface area contributed by atoms with Crippen LogP contribution < -0.4 is 5.63 Å². The van der Waals surface area contributed by atoms with Crippen molar-refractivity contribution in [2.24, 2.45) is 0 Å². The van der Waals surface area contributed by atoms with Crippen molar-refractivity contribution in [3.05, 3.63) is 51.9 Å². The molecule has 2 aromatic rings. The van der Waals surface area contributed by atoms with Gasteiger partial charge in [-0.05, 0) is 36.6 Å². The van der Waals surface area contributed by atoms with Gasteiger partial charge >= 0.3 is 11.6 Å². The summed E-state index contributed by atoms with van der Waals surface area (Å²) < 4.78 is 9.89. The monoisotopic (exact) mass is 288 g/mol. The molecular weight excluding hydrogens is 272 g/mol. The van der Waals surface area contributed by atoms with E-state index in [2.05, 4.69) is 0 Å². The second kappa shape index (κ2) is 6.26. The number of hydrogen-bond donors (Lipinski definition) is 1. The fourth-order valence-corrected chi connectivity index (χ4v) is 1.87. The van der Waals surface area contributed by atoms with Crippen LogP contribution in [0.5, 0.6) is 5.75 Å². The summed E-state index contributed by atoms with van der Waals surface area (Å²) in [4.78, 5) is 21.8. The molecule has 1 aromatic heterocycles. The minimum absolute atomic E-state index is 0.0633. The lowest BCUT2D eigenvalue weighted by Crippen LogP contribution is -2.01. The zero-order valence-electron chi connectivity index (χ0n) is 11.9. The van der Waals surface area contributed by atoms with Crippen molar-refractivity contribution < 1.29 is 19.1 Å². The maximum Gasteiger partial charge on any atom is 0.336 e. The number of carbonyl (C=O) groups excluding carboxylic acids is 1. The van der Waals surface area contributed by atoms with Crippen LogP contribution in [0.15, 0.2) is 45.1 Å². The molecule has 1 heterocycles. The van der Waals surface area contributed by atoms with Crippen molar-refractivity contribution in [2.45, 2.75) is 20.3 Å². The van der Waals surface area contributed by atoms with Crippen LogP contribution in [0.3, 0.4) is 0 Å². The summed E-state index contributed by atoms with van der Waals surface area (Å²) in [6.07, 6.45) is 2.37. The molecule has 0 atom stereocenters. The lowest BCUT2D eigenvalue weighted by Gasteiger charge is -2.05. The first-order chi connectivity index (χ1) is 9.95. The number of carbonyl (C=O) groups is 1. The quantitative estimate of drug-likeness (QED) is 0.531. The van der Waals surface area contributed by atoms with Crippen molar-refractivity contribution in [3.8, 4) is 5.75 Å². The third-order valence-electron chi connectivity index (χ3n) is 2.99. The third kappa shape index (κ3) is 3.95. The smallest absolute Gasteiger partial charge is 0.336 e. The minimum Gasteiger partial charge on any atom is -0.508 e. The van der Waals surface area contributed by atoms with Gasteiger partial charge < -0.3 is 14.3 Å². The van der Waals surface area contributed by atoms with E-state index in [1.807, 2.05) is 13.0 Å². The number of ether oxygens (including phenoxy) is 1. The van der Waals surface area contributed by atoms with Crippen LogP contribution in [0.25, 0.3) is 11.0 Å². The molecule has 0 saturated heterocycles. The second-order valence-electron chi connectivity index (χ2n) is 4.81. The highest BCUT2D eigenvalue weighted by molar-refractivity contribution is 5.79. The summed E-state index contributed by atoms with van der Waals surface area (Å²) in [6.45, 7) is 3.44. The van der Waals surface area contributed by atoms with Crippen LogP contribution in [-0.2, 0) is 16.0 Å². The Labute approximate surface area is 121 Å². The summed E-state index contributed by atoms with van der Waals surface area (Å²) in [5.41, 5.74) is 1.50. The fraction of sp³-hybridized carbons (Fsp3) is 0.250. The second-order valence-corrected chi connectivity index (χ2v) is 4.81. The Balaban J connectivity index is 2.20. The van der Waals surface area contributed by atoms with Gasteiger partial charge in [-0.1, -0.05) is 6.08 Å². The number of esters is 1. The molecule has 0 unspecified atom stereocenters. The molecule has 0 fully saturated rings. The number of hydrogen-bond acceptors (Lipinski definition) is 5. The predicted molar refractivity (Wildman–Crippen MR) is 78.2 cm³/mol. The van der Waals surface area contributed by atoms with Gasteiger partial charge in [0.25, 0.3) is 0 Å². The summed E-state index contributed by atoms with van der Waals surface area (Å²) in [7, 11) is 0. The van der Waals surface area contributed by atoms with E-state index in [1.165, 1.54) is 19.1 Å². The largest absolute Gasteiger partial charge is 0.508 e. The summed E-state index contributed by atoms with van der Waals surface area (Å²) in [6, 6.07) is 6.19. The van der Waals surface area contributed by atoms with Gasteiger partial charge in [0, 0.05) is 24.4 Å². The molecule has 0 saturated carbocycles. The van der Waals surface area contributed by atoms with Crippen molar-refractivity contribution in [2.75, 3.05) is 6.61 Å². The normalized spacial score (nSPS) is 11.6. The van der Waals surface area contributed by atoms with E-state index in [4.69, 9.17) is 9.15 Å². The van der Waals surface area contributed by atoms with Crippen LogP contribution in [0, 0.1) is 0 Å². The van der Waals surface area contributed by atoms with E-state index in [9.17, 15) is 14.7 Å². The maximum atomic E-state index is 11.1. The Hall–Kier alpha value is -2.56. The molecule has 0 amide bonds. The first-order valence-electron chi connectivity index (χ1n) is 6.50. The number of aromatic hydroxyl groups is 1. The van der Waals surface area contributed by atoms with Crippen molar-refractivity contribution in [1.29, 1.82) is 0 Å². The van der Waals surface area contributed by atoms with E-state index >= 15 is 0 Å². The average Bonchev–Trinajstić information content (AvgIpc) is 2.42. The van der Waals surface area contributed by atoms with Gasteiger partial charge in [0.05, 0.1) is 0 Å². The van der Waals surface area contributed by atoms with E-state index in [1.54, 1.807) is 12.1 Å². The van der Waals surface area contributed by atoms with Gasteiger partial charge in [0.15, 0.2) is 0 Å². The molecule has 0 aliphatic carbocycles. The van der Waals surface area contributed by atoms with Crippen LogP contribution in [0.4, 0.5) is 0 Å². The molecule has 21 heavy (non-hydrogen) atoms. The molecule has 0 aliphatic rings. The zero-order chi connectivity index (χ0) is 15.4. The van der Waals surface area contributed by atoms with Gasteiger partial charge in [-0.15, -0.1) is 0 Å². The highest BCUT2D eigenvalue weighted by Gasteiger charge is 2.05. The number of phenols is 1. The Morgan fingerprint density at radius 1 is 1.33 bits per heavy atom. The Morgan fingerprint density at radius 2 is 2.10 bits per heavy atom. The van der Waals surface area contributed by atoms with Crippen molar-refractivity contribution in [3.63, 3.8) is 0 Å². The topological polar surface area (TPSA) is 76.7 Å². The van der Waals surface area contributed by atoms with Crippen LogP contribution in [0.1, 0.15) is 19.4 Å². The third-order valence-corrected chi connectivity index (χ3v) is 2.99. The van der Waals surface area contributed by atoms with Crippen LogP contribution in [0.2, 0.25) is 0 Å². The molecule has 0 radical (unpaired) electrons. The van der Waals surface area contributed by atoms with E-state index in [0.717, 1.165) is 11.0 Å². The molecule has 5 heteroatoms. The number of rotatable bonds is 4. The molecule has 0 bridgehead atoms. The SMILES string of the molecule is CC(=O)OC/C(C)=C/Cc1cc2ccc(=O)oc2cc1O. The molecule has 5 nitrogen and oxygen atoms in total. The van der Waals surface area contributed by atoms with Gasteiger partial charge in [0.2, 0.25) is 0 Å². The molecular formula is C16H16O5. The zero-order valence-corrected chi connectivity index (χ0v) is 11.9. The van der Waals surface area contributed by atoms with Gasteiger partial charge in [-0.3, -0.25) is 4.79 Å².